The fourth-order valence-corrected chi connectivity index (χ4v) is 2.40. The van der Waals surface area contributed by atoms with Crippen molar-refractivity contribution in [2.75, 3.05) is 13.2 Å². The van der Waals surface area contributed by atoms with Crippen LogP contribution in [0.25, 0.3) is 5.65 Å². The average molecular weight is 261 g/mol. The highest BCUT2D eigenvalue weighted by atomic mass is 16.3. The van der Waals surface area contributed by atoms with Gasteiger partial charge in [0.15, 0.2) is 0 Å². The first-order chi connectivity index (χ1) is 9.26. The SMILES string of the molecule is CCC(CCO)CNCc1c(C)nc2ccccn12. The van der Waals surface area contributed by atoms with Gasteiger partial charge in [0.2, 0.25) is 0 Å². The zero-order valence-electron chi connectivity index (χ0n) is 11.8. The molecule has 1 atom stereocenters. The lowest BCUT2D eigenvalue weighted by Crippen LogP contribution is -2.23. The van der Waals surface area contributed by atoms with Crippen molar-refractivity contribution in [2.24, 2.45) is 5.92 Å². The Morgan fingerprint density at radius 2 is 2.26 bits per heavy atom. The van der Waals surface area contributed by atoms with Crippen molar-refractivity contribution in [3.63, 3.8) is 0 Å². The number of pyridine rings is 1. The maximum Gasteiger partial charge on any atom is 0.137 e. The molecule has 19 heavy (non-hydrogen) atoms. The summed E-state index contributed by atoms with van der Waals surface area (Å²) in [5.74, 6) is 0.546. The second-order valence-corrected chi connectivity index (χ2v) is 4.99. The first kappa shape index (κ1) is 14.0. The highest BCUT2D eigenvalue weighted by Gasteiger charge is 2.09. The van der Waals surface area contributed by atoms with Crippen LogP contribution in [-0.2, 0) is 6.54 Å². The van der Waals surface area contributed by atoms with E-state index in [9.17, 15) is 0 Å². The van der Waals surface area contributed by atoms with E-state index in [2.05, 4.69) is 34.7 Å². The van der Waals surface area contributed by atoms with Crippen LogP contribution in [-0.4, -0.2) is 27.6 Å². The molecule has 0 bridgehead atoms. The summed E-state index contributed by atoms with van der Waals surface area (Å²) in [4.78, 5) is 4.55. The number of aryl methyl sites for hydroxylation is 1. The number of aromatic nitrogens is 2. The molecule has 0 radical (unpaired) electrons. The molecule has 2 N–H and O–H groups in total. The van der Waals surface area contributed by atoms with Crippen molar-refractivity contribution in [3.8, 4) is 0 Å². The van der Waals surface area contributed by atoms with E-state index in [0.29, 0.717) is 5.92 Å². The summed E-state index contributed by atoms with van der Waals surface area (Å²) in [5, 5.41) is 12.5. The van der Waals surface area contributed by atoms with Crippen molar-refractivity contribution < 1.29 is 5.11 Å². The summed E-state index contributed by atoms with van der Waals surface area (Å²) < 4.78 is 2.13. The minimum Gasteiger partial charge on any atom is -0.396 e. The highest BCUT2D eigenvalue weighted by molar-refractivity contribution is 5.42. The molecule has 0 amide bonds. The first-order valence-electron chi connectivity index (χ1n) is 7.00. The third-order valence-corrected chi connectivity index (χ3v) is 3.67. The molecular formula is C15H23N3O. The van der Waals surface area contributed by atoms with E-state index in [1.165, 1.54) is 5.69 Å². The zero-order chi connectivity index (χ0) is 13.7. The molecule has 0 saturated heterocycles. The molecule has 2 rings (SSSR count). The Kier molecular flexibility index (Phi) is 4.93. The van der Waals surface area contributed by atoms with Crippen molar-refractivity contribution >= 4 is 5.65 Å². The number of rotatable bonds is 7. The molecule has 0 aliphatic heterocycles. The van der Waals surface area contributed by atoms with Crippen LogP contribution >= 0.6 is 0 Å². The number of fused-ring (bicyclic) bond motifs is 1. The second kappa shape index (κ2) is 6.68. The molecule has 0 spiro atoms. The Bertz CT molecular complexity index is 521. The fraction of sp³-hybridized carbons (Fsp3) is 0.533. The Hall–Kier alpha value is -1.39. The second-order valence-electron chi connectivity index (χ2n) is 4.99. The van der Waals surface area contributed by atoms with Gasteiger partial charge >= 0.3 is 0 Å². The lowest BCUT2D eigenvalue weighted by Gasteiger charge is -2.14. The van der Waals surface area contributed by atoms with Crippen LogP contribution in [0, 0.1) is 12.8 Å². The normalized spacial score (nSPS) is 13.0. The monoisotopic (exact) mass is 261 g/mol. The van der Waals surface area contributed by atoms with E-state index in [1.807, 2.05) is 18.2 Å². The number of nitrogens with one attached hydrogen (secondary N) is 1. The Labute approximate surface area is 114 Å². The molecule has 2 heterocycles. The lowest BCUT2D eigenvalue weighted by atomic mass is 10.0. The van der Waals surface area contributed by atoms with Gasteiger partial charge in [-0.05, 0) is 37.9 Å². The Morgan fingerprint density at radius 1 is 1.42 bits per heavy atom. The molecule has 0 saturated carbocycles. The molecule has 0 aliphatic rings. The third-order valence-electron chi connectivity index (χ3n) is 3.67. The fourth-order valence-electron chi connectivity index (χ4n) is 2.40. The molecule has 4 nitrogen and oxygen atoms in total. The van der Waals surface area contributed by atoms with Gasteiger partial charge in [0, 0.05) is 19.3 Å². The highest BCUT2D eigenvalue weighted by Crippen LogP contribution is 2.12. The summed E-state index contributed by atoms with van der Waals surface area (Å²) in [6.07, 6.45) is 4.02. The molecule has 0 aromatic carbocycles. The van der Waals surface area contributed by atoms with Crippen molar-refractivity contribution in [3.05, 3.63) is 35.8 Å². The van der Waals surface area contributed by atoms with Crippen LogP contribution < -0.4 is 5.32 Å². The predicted octanol–water partition coefficient (Wildman–Crippen LogP) is 2.14. The van der Waals surface area contributed by atoms with Gasteiger partial charge in [-0.1, -0.05) is 19.4 Å². The van der Waals surface area contributed by atoms with Crippen LogP contribution in [0.1, 0.15) is 31.2 Å². The largest absolute Gasteiger partial charge is 0.396 e. The lowest BCUT2D eigenvalue weighted by molar-refractivity contribution is 0.251. The number of hydrogen-bond acceptors (Lipinski definition) is 3. The number of aliphatic hydroxyl groups excluding tert-OH is 1. The summed E-state index contributed by atoms with van der Waals surface area (Å²) in [5.41, 5.74) is 3.29. The van der Waals surface area contributed by atoms with E-state index < -0.39 is 0 Å². The number of imidazole rings is 1. The minimum absolute atomic E-state index is 0.273. The van der Waals surface area contributed by atoms with Gasteiger partial charge in [-0.25, -0.2) is 4.98 Å². The summed E-state index contributed by atoms with van der Waals surface area (Å²) >= 11 is 0. The van der Waals surface area contributed by atoms with Crippen molar-refractivity contribution in [1.29, 1.82) is 0 Å². The topological polar surface area (TPSA) is 49.6 Å². The molecule has 0 aliphatic carbocycles. The van der Waals surface area contributed by atoms with E-state index in [1.54, 1.807) is 0 Å². The molecule has 2 aromatic rings. The van der Waals surface area contributed by atoms with Crippen molar-refractivity contribution in [1.82, 2.24) is 14.7 Å². The van der Waals surface area contributed by atoms with E-state index in [-0.39, 0.29) is 6.61 Å². The zero-order valence-corrected chi connectivity index (χ0v) is 11.8. The van der Waals surface area contributed by atoms with Crippen LogP contribution in [0.4, 0.5) is 0 Å². The molecule has 2 aromatic heterocycles. The number of aliphatic hydroxyl groups is 1. The van der Waals surface area contributed by atoms with Crippen LogP contribution in [0.2, 0.25) is 0 Å². The summed E-state index contributed by atoms with van der Waals surface area (Å²) in [7, 11) is 0. The Morgan fingerprint density at radius 3 is 3.00 bits per heavy atom. The summed E-state index contributed by atoms with van der Waals surface area (Å²) in [6, 6.07) is 6.06. The van der Waals surface area contributed by atoms with Gasteiger partial charge < -0.3 is 14.8 Å². The van der Waals surface area contributed by atoms with Gasteiger partial charge in [-0.15, -0.1) is 0 Å². The maximum atomic E-state index is 8.99. The first-order valence-corrected chi connectivity index (χ1v) is 7.00. The maximum absolute atomic E-state index is 8.99. The van der Waals surface area contributed by atoms with Crippen molar-refractivity contribution in [2.45, 2.75) is 33.2 Å². The van der Waals surface area contributed by atoms with Gasteiger partial charge in [0.1, 0.15) is 5.65 Å². The number of nitrogens with zero attached hydrogens (tertiary/aromatic N) is 2. The van der Waals surface area contributed by atoms with E-state index in [0.717, 1.165) is 37.3 Å². The molecular weight excluding hydrogens is 238 g/mol. The van der Waals surface area contributed by atoms with Gasteiger partial charge in [0.25, 0.3) is 0 Å². The average Bonchev–Trinajstić information content (AvgIpc) is 2.74. The summed E-state index contributed by atoms with van der Waals surface area (Å²) in [6.45, 7) is 6.25. The van der Waals surface area contributed by atoms with Gasteiger partial charge in [-0.2, -0.15) is 0 Å². The molecule has 1 unspecified atom stereocenters. The van der Waals surface area contributed by atoms with E-state index >= 15 is 0 Å². The van der Waals surface area contributed by atoms with Crippen LogP contribution in [0.5, 0.6) is 0 Å². The third kappa shape index (κ3) is 3.33. The van der Waals surface area contributed by atoms with Crippen LogP contribution in [0.15, 0.2) is 24.4 Å². The molecule has 104 valence electrons. The smallest absolute Gasteiger partial charge is 0.137 e. The van der Waals surface area contributed by atoms with Gasteiger partial charge in [0.05, 0.1) is 11.4 Å². The van der Waals surface area contributed by atoms with Crippen LogP contribution in [0.3, 0.4) is 0 Å². The minimum atomic E-state index is 0.273. The number of hydrogen-bond donors (Lipinski definition) is 2. The van der Waals surface area contributed by atoms with Gasteiger partial charge in [-0.3, -0.25) is 0 Å². The standard InChI is InChI=1S/C15H23N3O/c1-3-13(7-9-19)10-16-11-14-12(2)17-15-6-4-5-8-18(14)15/h4-6,8,13,16,19H,3,7,9-11H2,1-2H3. The predicted molar refractivity (Wildman–Crippen MR) is 77.1 cm³/mol. The molecule has 0 fully saturated rings. The Balaban J connectivity index is 1.99. The van der Waals surface area contributed by atoms with E-state index in [4.69, 9.17) is 5.11 Å². The quantitative estimate of drug-likeness (QED) is 0.803. The molecule has 4 heteroatoms.